The fraction of sp³-hybridized carbons (Fsp3) is 0.312. The van der Waals surface area contributed by atoms with Gasteiger partial charge in [-0.1, -0.05) is 12.1 Å². The minimum absolute atomic E-state index is 0.588. The minimum Gasteiger partial charge on any atom is -0.478 e. The predicted octanol–water partition coefficient (Wildman–Crippen LogP) is 1.74. The lowest BCUT2D eigenvalue weighted by Crippen LogP contribution is -2.36. The summed E-state index contributed by atoms with van der Waals surface area (Å²) in [4.78, 5) is 12.7. The third-order valence-corrected chi connectivity index (χ3v) is 2.96. The van der Waals surface area contributed by atoms with E-state index in [0.717, 1.165) is 11.3 Å². The minimum atomic E-state index is 0.588. The van der Waals surface area contributed by atoms with Crippen molar-refractivity contribution < 1.29 is 4.74 Å². The zero-order chi connectivity index (χ0) is 15.6. The van der Waals surface area contributed by atoms with Gasteiger partial charge in [-0.05, 0) is 25.1 Å². The van der Waals surface area contributed by atoms with E-state index in [0.29, 0.717) is 31.5 Å². The molecule has 0 aliphatic carbocycles. The summed E-state index contributed by atoms with van der Waals surface area (Å²) < 4.78 is 5.51. The number of guanidine groups is 1. The highest BCUT2D eigenvalue weighted by Gasteiger charge is 2.05. The molecule has 0 atom stereocenters. The number of ether oxygens (including phenoxy) is 1. The van der Waals surface area contributed by atoms with Gasteiger partial charge in [-0.15, -0.1) is 0 Å². The van der Waals surface area contributed by atoms with E-state index in [1.165, 1.54) is 0 Å². The summed E-state index contributed by atoms with van der Waals surface area (Å²) in [5, 5.41) is 6.47. The molecule has 0 radical (unpaired) electrons. The van der Waals surface area contributed by atoms with Gasteiger partial charge >= 0.3 is 0 Å². The Morgan fingerprint density at radius 3 is 2.64 bits per heavy atom. The van der Waals surface area contributed by atoms with Crippen LogP contribution in [0.1, 0.15) is 18.2 Å². The Balaban J connectivity index is 1.89. The summed E-state index contributed by atoms with van der Waals surface area (Å²) in [6.45, 7) is 3.74. The second-order valence-electron chi connectivity index (χ2n) is 4.50. The van der Waals surface area contributed by atoms with Crippen molar-refractivity contribution in [1.29, 1.82) is 0 Å². The smallest absolute Gasteiger partial charge is 0.218 e. The predicted molar refractivity (Wildman–Crippen MR) is 86.7 cm³/mol. The summed E-state index contributed by atoms with van der Waals surface area (Å²) in [7, 11) is 1.74. The second-order valence-corrected chi connectivity index (χ2v) is 4.50. The van der Waals surface area contributed by atoms with Gasteiger partial charge in [-0.25, -0.2) is 4.98 Å². The van der Waals surface area contributed by atoms with Crippen molar-refractivity contribution in [3.8, 4) is 5.88 Å². The van der Waals surface area contributed by atoms with Crippen molar-refractivity contribution in [3.05, 3.63) is 54.0 Å². The van der Waals surface area contributed by atoms with Gasteiger partial charge in [0.1, 0.15) is 0 Å². The first kappa shape index (κ1) is 15.8. The first-order valence-electron chi connectivity index (χ1n) is 7.24. The quantitative estimate of drug-likeness (QED) is 0.628. The zero-order valence-corrected chi connectivity index (χ0v) is 12.9. The summed E-state index contributed by atoms with van der Waals surface area (Å²) in [5.74, 6) is 1.36. The Hall–Kier alpha value is -2.63. The van der Waals surface area contributed by atoms with E-state index >= 15 is 0 Å². The second kappa shape index (κ2) is 8.61. The lowest BCUT2D eigenvalue weighted by Gasteiger charge is -2.13. The van der Waals surface area contributed by atoms with E-state index in [4.69, 9.17) is 4.74 Å². The number of aliphatic imine (C=N–C) groups is 1. The monoisotopic (exact) mass is 299 g/mol. The molecule has 6 nitrogen and oxygen atoms in total. The summed E-state index contributed by atoms with van der Waals surface area (Å²) >= 11 is 0. The molecule has 0 bridgehead atoms. The van der Waals surface area contributed by atoms with Gasteiger partial charge in [0.05, 0.1) is 18.8 Å². The van der Waals surface area contributed by atoms with Gasteiger partial charge in [0, 0.05) is 31.5 Å². The van der Waals surface area contributed by atoms with Crippen LogP contribution in [0, 0.1) is 0 Å². The van der Waals surface area contributed by atoms with Crippen LogP contribution in [0.2, 0.25) is 0 Å². The Labute approximate surface area is 130 Å². The largest absolute Gasteiger partial charge is 0.478 e. The topological polar surface area (TPSA) is 71.4 Å². The number of hydrogen-bond donors (Lipinski definition) is 2. The first-order chi connectivity index (χ1) is 10.8. The van der Waals surface area contributed by atoms with Crippen molar-refractivity contribution >= 4 is 5.96 Å². The maximum atomic E-state index is 5.51. The molecule has 0 aliphatic rings. The van der Waals surface area contributed by atoms with E-state index in [1.807, 2.05) is 37.3 Å². The van der Waals surface area contributed by atoms with E-state index < -0.39 is 0 Å². The molecular weight excluding hydrogens is 278 g/mol. The van der Waals surface area contributed by atoms with Crippen LogP contribution in [-0.2, 0) is 13.1 Å². The molecule has 2 N–H and O–H groups in total. The summed E-state index contributed by atoms with van der Waals surface area (Å²) in [6, 6.07) is 9.70. The highest BCUT2D eigenvalue weighted by atomic mass is 16.5. The van der Waals surface area contributed by atoms with Crippen molar-refractivity contribution in [3.63, 3.8) is 0 Å². The van der Waals surface area contributed by atoms with Crippen LogP contribution in [0.4, 0.5) is 0 Å². The molecule has 22 heavy (non-hydrogen) atoms. The molecule has 116 valence electrons. The van der Waals surface area contributed by atoms with Crippen molar-refractivity contribution in [1.82, 2.24) is 20.6 Å². The molecule has 0 aromatic carbocycles. The molecule has 0 saturated heterocycles. The highest BCUT2D eigenvalue weighted by Crippen LogP contribution is 2.13. The van der Waals surface area contributed by atoms with Crippen LogP contribution in [-0.4, -0.2) is 29.6 Å². The van der Waals surface area contributed by atoms with E-state index in [-0.39, 0.29) is 0 Å². The molecule has 0 fully saturated rings. The van der Waals surface area contributed by atoms with E-state index in [1.54, 1.807) is 19.4 Å². The highest BCUT2D eigenvalue weighted by molar-refractivity contribution is 5.79. The molecular formula is C16H21N5O. The maximum Gasteiger partial charge on any atom is 0.218 e. The van der Waals surface area contributed by atoms with Crippen LogP contribution in [0.15, 0.2) is 47.7 Å². The SMILES string of the molecule is CCOc1ncccc1CNC(=NC)NCc1ccccn1. The number of nitrogens with zero attached hydrogens (tertiary/aromatic N) is 3. The first-order valence-corrected chi connectivity index (χ1v) is 7.24. The Morgan fingerprint density at radius 2 is 1.91 bits per heavy atom. The molecule has 0 aliphatic heterocycles. The van der Waals surface area contributed by atoms with Crippen LogP contribution in [0.3, 0.4) is 0 Å². The fourth-order valence-corrected chi connectivity index (χ4v) is 1.90. The lowest BCUT2D eigenvalue weighted by molar-refractivity contribution is 0.322. The van der Waals surface area contributed by atoms with Crippen molar-refractivity contribution in [2.75, 3.05) is 13.7 Å². The fourth-order valence-electron chi connectivity index (χ4n) is 1.90. The maximum absolute atomic E-state index is 5.51. The average Bonchev–Trinajstić information content (AvgIpc) is 2.57. The molecule has 2 aromatic heterocycles. The summed E-state index contributed by atoms with van der Waals surface area (Å²) in [6.07, 6.45) is 3.50. The van der Waals surface area contributed by atoms with Gasteiger partial charge in [-0.2, -0.15) is 0 Å². The third kappa shape index (κ3) is 4.73. The van der Waals surface area contributed by atoms with Crippen LogP contribution in [0.25, 0.3) is 0 Å². The normalized spacial score (nSPS) is 11.1. The number of hydrogen-bond acceptors (Lipinski definition) is 4. The number of aromatic nitrogens is 2. The molecule has 0 saturated carbocycles. The van der Waals surface area contributed by atoms with Crippen molar-refractivity contribution in [2.24, 2.45) is 4.99 Å². The van der Waals surface area contributed by atoms with Crippen LogP contribution >= 0.6 is 0 Å². The van der Waals surface area contributed by atoms with Gasteiger partial charge in [0.2, 0.25) is 5.88 Å². The molecule has 6 heteroatoms. The van der Waals surface area contributed by atoms with Gasteiger partial charge in [0.25, 0.3) is 0 Å². The number of nitrogens with one attached hydrogen (secondary N) is 2. The Kier molecular flexibility index (Phi) is 6.17. The zero-order valence-electron chi connectivity index (χ0n) is 12.9. The Bertz CT molecular complexity index is 600. The van der Waals surface area contributed by atoms with Crippen molar-refractivity contribution in [2.45, 2.75) is 20.0 Å². The van der Waals surface area contributed by atoms with Gasteiger partial charge in [-0.3, -0.25) is 9.98 Å². The number of rotatable bonds is 6. The van der Waals surface area contributed by atoms with Gasteiger partial charge < -0.3 is 15.4 Å². The third-order valence-electron chi connectivity index (χ3n) is 2.96. The molecule has 2 heterocycles. The van der Waals surface area contributed by atoms with Gasteiger partial charge in [0.15, 0.2) is 5.96 Å². The van der Waals surface area contributed by atoms with Crippen LogP contribution < -0.4 is 15.4 Å². The molecule has 2 rings (SSSR count). The van der Waals surface area contributed by atoms with E-state index in [9.17, 15) is 0 Å². The molecule has 0 amide bonds. The van der Waals surface area contributed by atoms with Crippen LogP contribution in [0.5, 0.6) is 5.88 Å². The lowest BCUT2D eigenvalue weighted by atomic mass is 10.2. The standard InChI is InChI=1S/C16H21N5O/c1-3-22-15-13(7-6-10-19-15)11-20-16(17-2)21-12-14-8-4-5-9-18-14/h4-10H,3,11-12H2,1-2H3,(H2,17,20,21). The number of pyridine rings is 2. The Morgan fingerprint density at radius 1 is 1.09 bits per heavy atom. The average molecular weight is 299 g/mol. The molecule has 2 aromatic rings. The summed E-state index contributed by atoms with van der Waals surface area (Å²) in [5.41, 5.74) is 1.95. The van der Waals surface area contributed by atoms with E-state index in [2.05, 4.69) is 25.6 Å². The molecule has 0 unspecified atom stereocenters. The molecule has 0 spiro atoms.